The summed E-state index contributed by atoms with van der Waals surface area (Å²) in [5.74, 6) is -0.136. The zero-order valence-corrected chi connectivity index (χ0v) is 20.6. The molecule has 1 aromatic rings. The van der Waals surface area contributed by atoms with Crippen LogP contribution in [0.2, 0.25) is 0 Å². The van der Waals surface area contributed by atoms with Crippen LogP contribution in [0.3, 0.4) is 0 Å². The molecule has 0 spiro atoms. The summed E-state index contributed by atoms with van der Waals surface area (Å²) >= 11 is 0. The number of carbonyl (C=O) groups is 1. The number of unbranched alkanes of at least 4 members (excludes halogenated alkanes) is 13. The van der Waals surface area contributed by atoms with E-state index in [1.54, 1.807) is 12.1 Å². The molecule has 0 saturated heterocycles. The molecule has 33 heavy (non-hydrogen) atoms. The van der Waals surface area contributed by atoms with Crippen LogP contribution in [0.15, 0.2) is 24.3 Å². The van der Waals surface area contributed by atoms with Gasteiger partial charge in [-0.25, -0.2) is 4.57 Å². The zero-order chi connectivity index (χ0) is 24.4. The van der Waals surface area contributed by atoms with E-state index >= 15 is 0 Å². The molecule has 0 fully saturated rings. The Bertz CT molecular complexity index is 682. The van der Waals surface area contributed by atoms with Gasteiger partial charge < -0.3 is 25.2 Å². The van der Waals surface area contributed by atoms with E-state index < -0.39 is 14.9 Å². The van der Waals surface area contributed by atoms with Crippen LogP contribution in [0.1, 0.15) is 100 Å². The fourth-order valence-corrected chi connectivity index (χ4v) is 4.01. The Morgan fingerprint density at radius 3 is 1.61 bits per heavy atom. The highest BCUT2D eigenvalue weighted by molar-refractivity contribution is 7.46. The molecule has 0 atom stereocenters. The number of hydrogen-bond donors (Lipinski definition) is 5. The fraction of sp³-hybridized carbons (Fsp3) is 0.696. The van der Waals surface area contributed by atoms with E-state index in [-0.39, 0.29) is 12.5 Å². The van der Waals surface area contributed by atoms with Crippen LogP contribution in [-0.4, -0.2) is 46.0 Å². The van der Waals surface area contributed by atoms with Gasteiger partial charge in [0.2, 0.25) is 0 Å². The SMILES string of the molecule is O=C(NCCCCCCCCCCCCCCCCOP(=O)(O)O)c1ccc(B(O)O)cc1. The highest BCUT2D eigenvalue weighted by Crippen LogP contribution is 2.35. The molecule has 1 aromatic carbocycles. The summed E-state index contributed by atoms with van der Waals surface area (Å²) in [5, 5.41) is 21.0. The summed E-state index contributed by atoms with van der Waals surface area (Å²) in [5.41, 5.74) is 0.889. The first-order valence-electron chi connectivity index (χ1n) is 12.2. The Hall–Kier alpha value is -1.22. The largest absolute Gasteiger partial charge is 0.488 e. The van der Waals surface area contributed by atoms with Gasteiger partial charge in [-0.1, -0.05) is 89.2 Å². The standard InChI is InChI=1S/C23H41BNO7P/c26-23(21-15-17-22(18-16-21)24(27)28)25-19-13-11-9-7-5-3-1-2-4-6-8-10-12-14-20-32-33(29,30)31/h15-18,27-28H,1-14,19-20H2,(H,25,26)(H2,29,30,31). The summed E-state index contributed by atoms with van der Waals surface area (Å²) in [6.07, 6.45) is 15.9. The molecule has 0 aliphatic carbocycles. The van der Waals surface area contributed by atoms with Crippen molar-refractivity contribution in [2.45, 2.75) is 89.9 Å². The number of carbonyl (C=O) groups excluding carboxylic acids is 1. The summed E-state index contributed by atoms with van der Waals surface area (Å²) in [6, 6.07) is 6.27. The molecule has 0 radical (unpaired) electrons. The minimum Gasteiger partial charge on any atom is -0.423 e. The van der Waals surface area contributed by atoms with Crippen LogP contribution in [0.25, 0.3) is 0 Å². The molecule has 5 N–H and O–H groups in total. The second kappa shape index (κ2) is 18.2. The fourth-order valence-electron chi connectivity index (χ4n) is 3.64. The van der Waals surface area contributed by atoms with Crippen molar-refractivity contribution in [1.29, 1.82) is 0 Å². The molecule has 1 amide bonds. The van der Waals surface area contributed by atoms with Crippen molar-refractivity contribution in [3.8, 4) is 0 Å². The van der Waals surface area contributed by atoms with Gasteiger partial charge in [-0.2, -0.15) is 0 Å². The Kier molecular flexibility index (Phi) is 16.4. The molecule has 8 nitrogen and oxygen atoms in total. The number of phosphoric ester groups is 1. The second-order valence-corrected chi connectivity index (χ2v) is 9.76. The quantitative estimate of drug-likeness (QED) is 0.108. The average Bonchev–Trinajstić information content (AvgIpc) is 2.77. The summed E-state index contributed by atoms with van der Waals surface area (Å²) in [7, 11) is -5.82. The second-order valence-electron chi connectivity index (χ2n) is 8.53. The van der Waals surface area contributed by atoms with Gasteiger partial charge in [0, 0.05) is 12.1 Å². The van der Waals surface area contributed by atoms with Gasteiger partial charge in [-0.05, 0) is 30.4 Å². The smallest absolute Gasteiger partial charge is 0.423 e. The Labute approximate surface area is 198 Å². The van der Waals surface area contributed by atoms with E-state index in [1.165, 1.54) is 69.9 Å². The van der Waals surface area contributed by atoms with Crippen LogP contribution >= 0.6 is 7.82 Å². The van der Waals surface area contributed by atoms with E-state index in [0.29, 0.717) is 24.0 Å². The molecule has 10 heteroatoms. The van der Waals surface area contributed by atoms with E-state index in [4.69, 9.17) is 19.8 Å². The number of hydrogen-bond acceptors (Lipinski definition) is 5. The maximum Gasteiger partial charge on any atom is 0.488 e. The van der Waals surface area contributed by atoms with Crippen molar-refractivity contribution >= 4 is 26.3 Å². The lowest BCUT2D eigenvalue weighted by Crippen LogP contribution is -2.30. The Balaban J connectivity index is 1.82. The predicted octanol–water partition coefficient (Wildman–Crippen LogP) is 3.67. The third-order valence-electron chi connectivity index (χ3n) is 5.59. The number of nitrogens with one attached hydrogen (secondary N) is 1. The highest BCUT2D eigenvalue weighted by Gasteiger charge is 2.12. The lowest BCUT2D eigenvalue weighted by atomic mass is 9.80. The van der Waals surface area contributed by atoms with Crippen molar-refractivity contribution in [3.05, 3.63) is 29.8 Å². The predicted molar refractivity (Wildman–Crippen MR) is 131 cm³/mol. The van der Waals surface area contributed by atoms with Crippen LogP contribution in [0, 0.1) is 0 Å². The minimum absolute atomic E-state index is 0.131. The van der Waals surface area contributed by atoms with E-state index in [0.717, 1.165) is 25.7 Å². The molecule has 1 rings (SSSR count). The number of amides is 1. The zero-order valence-electron chi connectivity index (χ0n) is 19.7. The van der Waals surface area contributed by atoms with Gasteiger partial charge in [0.1, 0.15) is 0 Å². The van der Waals surface area contributed by atoms with Crippen LogP contribution in [0.4, 0.5) is 0 Å². The highest BCUT2D eigenvalue weighted by atomic mass is 31.2. The van der Waals surface area contributed by atoms with Gasteiger partial charge in [0.25, 0.3) is 5.91 Å². The van der Waals surface area contributed by atoms with Crippen LogP contribution in [-0.2, 0) is 9.09 Å². The van der Waals surface area contributed by atoms with E-state index in [9.17, 15) is 9.36 Å². The van der Waals surface area contributed by atoms with Crippen LogP contribution in [0.5, 0.6) is 0 Å². The van der Waals surface area contributed by atoms with Crippen LogP contribution < -0.4 is 10.8 Å². The molecule has 0 saturated carbocycles. The lowest BCUT2D eigenvalue weighted by Gasteiger charge is -2.06. The third-order valence-corrected chi connectivity index (χ3v) is 6.11. The number of rotatable bonds is 20. The molecular weight excluding hydrogens is 444 g/mol. The van der Waals surface area contributed by atoms with Gasteiger partial charge in [-0.3, -0.25) is 9.32 Å². The molecule has 0 aliphatic rings. The summed E-state index contributed by atoms with van der Waals surface area (Å²) < 4.78 is 15.0. The normalized spacial score (nSPS) is 11.5. The average molecular weight is 485 g/mol. The summed E-state index contributed by atoms with van der Waals surface area (Å²) in [4.78, 5) is 29.2. The molecule has 0 aromatic heterocycles. The van der Waals surface area contributed by atoms with E-state index in [1.807, 2.05) is 0 Å². The molecule has 0 heterocycles. The van der Waals surface area contributed by atoms with Crippen molar-refractivity contribution in [3.63, 3.8) is 0 Å². The van der Waals surface area contributed by atoms with Gasteiger partial charge >= 0.3 is 14.9 Å². The first kappa shape index (κ1) is 29.8. The van der Waals surface area contributed by atoms with Gasteiger partial charge in [-0.15, -0.1) is 0 Å². The molecule has 0 aliphatic heterocycles. The first-order chi connectivity index (χ1) is 15.8. The lowest BCUT2D eigenvalue weighted by molar-refractivity contribution is 0.0952. The minimum atomic E-state index is -4.30. The molecule has 0 bridgehead atoms. The van der Waals surface area contributed by atoms with Gasteiger partial charge in [0.15, 0.2) is 0 Å². The Morgan fingerprint density at radius 1 is 0.758 bits per heavy atom. The molecule has 0 unspecified atom stereocenters. The molecule has 188 valence electrons. The maximum atomic E-state index is 12.1. The topological polar surface area (TPSA) is 136 Å². The first-order valence-corrected chi connectivity index (χ1v) is 13.8. The third kappa shape index (κ3) is 17.0. The molecular formula is C23H41BNO7P. The van der Waals surface area contributed by atoms with Gasteiger partial charge in [0.05, 0.1) is 6.61 Å². The van der Waals surface area contributed by atoms with Crippen molar-refractivity contribution in [1.82, 2.24) is 5.32 Å². The van der Waals surface area contributed by atoms with E-state index in [2.05, 4.69) is 9.84 Å². The number of phosphoric acid groups is 1. The van der Waals surface area contributed by atoms with Crippen molar-refractivity contribution < 1.29 is 33.7 Å². The summed E-state index contributed by atoms with van der Waals surface area (Å²) in [6.45, 7) is 0.784. The van der Waals surface area contributed by atoms with Crippen molar-refractivity contribution in [2.24, 2.45) is 0 Å². The van der Waals surface area contributed by atoms with Crippen molar-refractivity contribution in [2.75, 3.05) is 13.2 Å². The monoisotopic (exact) mass is 485 g/mol. The maximum absolute atomic E-state index is 12.1. The Morgan fingerprint density at radius 2 is 1.18 bits per heavy atom. The number of benzene rings is 1.